The molecule has 1 aliphatic heterocycles. The van der Waals surface area contributed by atoms with Gasteiger partial charge in [0.2, 0.25) is 5.91 Å². The molecule has 0 aliphatic carbocycles. The largest absolute Gasteiger partial charge is 0.391 e. The minimum absolute atomic E-state index is 0.0825. The molecule has 1 heterocycles. The van der Waals surface area contributed by atoms with Gasteiger partial charge in [0, 0.05) is 19.5 Å². The average Bonchev–Trinajstić information content (AvgIpc) is 2.34. The van der Waals surface area contributed by atoms with Gasteiger partial charge in [-0.3, -0.25) is 4.79 Å². The van der Waals surface area contributed by atoms with Crippen molar-refractivity contribution in [2.75, 3.05) is 13.1 Å². The summed E-state index contributed by atoms with van der Waals surface area (Å²) in [5.74, 6) is 0.0825. The van der Waals surface area contributed by atoms with E-state index in [1.807, 2.05) is 6.92 Å². The lowest BCUT2D eigenvalue weighted by Crippen LogP contribution is -2.29. The van der Waals surface area contributed by atoms with Crippen molar-refractivity contribution in [2.24, 2.45) is 0 Å². The van der Waals surface area contributed by atoms with Gasteiger partial charge in [0.1, 0.15) is 0 Å². The Labute approximate surface area is 72.7 Å². The normalized spacial score (nSPS) is 22.8. The molecule has 1 rings (SSSR count). The number of nitrogens with zero attached hydrogens (tertiary/aromatic N) is 1. The van der Waals surface area contributed by atoms with Crippen LogP contribution >= 0.6 is 0 Å². The minimum Gasteiger partial charge on any atom is -0.391 e. The summed E-state index contributed by atoms with van der Waals surface area (Å²) in [6, 6.07) is 0. The molecule has 3 heteroatoms. The molecule has 0 aromatic carbocycles. The van der Waals surface area contributed by atoms with Gasteiger partial charge in [0.25, 0.3) is 0 Å². The number of amides is 1. The molecule has 0 aromatic heterocycles. The molecule has 0 bridgehead atoms. The summed E-state index contributed by atoms with van der Waals surface area (Å²) in [7, 11) is 0. The van der Waals surface area contributed by atoms with Gasteiger partial charge in [-0.05, 0) is 13.3 Å². The number of hydrogen-bond donors (Lipinski definition) is 1. The Bertz CT molecular complexity index is 201. The standard InChI is InChI=1S/C9H15NO2/c1-7(2)5-9(12)10-4-3-8(11)6-10/h8,11H,1,3-6H2,2H3/t8-/m0/s1. The molecule has 1 N–H and O–H groups in total. The number of rotatable bonds is 2. The van der Waals surface area contributed by atoms with Crippen molar-refractivity contribution in [3.05, 3.63) is 12.2 Å². The monoisotopic (exact) mass is 169 g/mol. The Balaban J connectivity index is 2.38. The molecular formula is C9H15NO2. The zero-order valence-corrected chi connectivity index (χ0v) is 7.42. The van der Waals surface area contributed by atoms with Crippen LogP contribution in [0.15, 0.2) is 12.2 Å². The molecule has 0 radical (unpaired) electrons. The fraction of sp³-hybridized carbons (Fsp3) is 0.667. The van der Waals surface area contributed by atoms with Crippen LogP contribution in [0, 0.1) is 0 Å². The van der Waals surface area contributed by atoms with E-state index in [1.54, 1.807) is 4.90 Å². The molecule has 3 nitrogen and oxygen atoms in total. The summed E-state index contributed by atoms with van der Waals surface area (Å²) in [5, 5.41) is 9.17. The average molecular weight is 169 g/mol. The Morgan fingerprint density at radius 1 is 1.75 bits per heavy atom. The maximum absolute atomic E-state index is 11.4. The fourth-order valence-electron chi connectivity index (χ4n) is 1.34. The van der Waals surface area contributed by atoms with Gasteiger partial charge in [-0.2, -0.15) is 0 Å². The van der Waals surface area contributed by atoms with E-state index < -0.39 is 0 Å². The molecule has 12 heavy (non-hydrogen) atoms. The number of β-amino-alcohol motifs (C(OH)–C–C–N with tert-alkyl or cyclic N) is 1. The number of carbonyl (C=O) groups is 1. The molecule has 1 saturated heterocycles. The molecule has 0 saturated carbocycles. The number of carbonyl (C=O) groups excluding carboxylic acids is 1. The molecule has 1 atom stereocenters. The second kappa shape index (κ2) is 3.72. The quantitative estimate of drug-likeness (QED) is 0.613. The lowest BCUT2D eigenvalue weighted by molar-refractivity contribution is -0.129. The first-order valence-corrected chi connectivity index (χ1v) is 4.20. The van der Waals surface area contributed by atoms with Crippen LogP contribution in [-0.4, -0.2) is 35.1 Å². The van der Waals surface area contributed by atoms with E-state index in [0.29, 0.717) is 25.9 Å². The molecule has 1 amide bonds. The molecule has 0 spiro atoms. The summed E-state index contributed by atoms with van der Waals surface area (Å²) in [6.45, 7) is 6.69. The Morgan fingerprint density at radius 2 is 2.42 bits per heavy atom. The van der Waals surface area contributed by atoms with Gasteiger partial charge in [-0.15, -0.1) is 0 Å². The SMILES string of the molecule is C=C(C)CC(=O)N1CC[C@H](O)C1. The second-order valence-corrected chi connectivity index (χ2v) is 3.42. The van der Waals surface area contributed by atoms with Gasteiger partial charge in [0.15, 0.2) is 0 Å². The molecular weight excluding hydrogens is 154 g/mol. The van der Waals surface area contributed by atoms with Crippen LogP contribution in [0.1, 0.15) is 19.8 Å². The van der Waals surface area contributed by atoms with Gasteiger partial charge in [-0.25, -0.2) is 0 Å². The number of likely N-dealkylation sites (tertiary alicyclic amines) is 1. The van der Waals surface area contributed by atoms with Gasteiger partial charge < -0.3 is 10.0 Å². The zero-order valence-electron chi connectivity index (χ0n) is 7.42. The topological polar surface area (TPSA) is 40.5 Å². The van der Waals surface area contributed by atoms with Crippen molar-refractivity contribution >= 4 is 5.91 Å². The van der Waals surface area contributed by atoms with Crippen LogP contribution in [0.2, 0.25) is 0 Å². The first kappa shape index (κ1) is 9.26. The summed E-state index contributed by atoms with van der Waals surface area (Å²) in [6.07, 6.45) is 0.799. The Kier molecular flexibility index (Phi) is 2.87. The van der Waals surface area contributed by atoms with Crippen LogP contribution in [0.4, 0.5) is 0 Å². The third kappa shape index (κ3) is 2.34. The first-order chi connectivity index (χ1) is 5.59. The lowest BCUT2D eigenvalue weighted by Gasteiger charge is -2.14. The molecule has 1 fully saturated rings. The molecule has 0 aromatic rings. The molecule has 68 valence electrons. The minimum atomic E-state index is -0.320. The highest BCUT2D eigenvalue weighted by atomic mass is 16.3. The summed E-state index contributed by atoms with van der Waals surface area (Å²) in [4.78, 5) is 13.0. The highest BCUT2D eigenvalue weighted by molar-refractivity contribution is 5.78. The van der Waals surface area contributed by atoms with Crippen molar-refractivity contribution in [2.45, 2.75) is 25.9 Å². The van der Waals surface area contributed by atoms with Crippen LogP contribution < -0.4 is 0 Å². The van der Waals surface area contributed by atoms with Crippen LogP contribution in [-0.2, 0) is 4.79 Å². The highest BCUT2D eigenvalue weighted by Gasteiger charge is 2.23. The smallest absolute Gasteiger partial charge is 0.226 e. The Hall–Kier alpha value is -0.830. The first-order valence-electron chi connectivity index (χ1n) is 4.20. The van der Waals surface area contributed by atoms with Gasteiger partial charge in [0.05, 0.1) is 6.10 Å². The predicted molar refractivity (Wildman–Crippen MR) is 46.6 cm³/mol. The third-order valence-electron chi connectivity index (χ3n) is 1.97. The lowest BCUT2D eigenvalue weighted by atomic mass is 10.2. The van der Waals surface area contributed by atoms with E-state index in [1.165, 1.54) is 0 Å². The van der Waals surface area contributed by atoms with Crippen molar-refractivity contribution < 1.29 is 9.90 Å². The third-order valence-corrected chi connectivity index (χ3v) is 1.97. The molecule has 1 aliphatic rings. The number of aliphatic hydroxyl groups excluding tert-OH is 1. The van der Waals surface area contributed by atoms with Crippen molar-refractivity contribution in [1.82, 2.24) is 4.90 Å². The summed E-state index contributed by atoms with van der Waals surface area (Å²) >= 11 is 0. The number of aliphatic hydroxyl groups is 1. The van der Waals surface area contributed by atoms with E-state index in [9.17, 15) is 4.79 Å². The van der Waals surface area contributed by atoms with Crippen molar-refractivity contribution in [3.8, 4) is 0 Å². The Morgan fingerprint density at radius 3 is 2.83 bits per heavy atom. The van der Waals surface area contributed by atoms with E-state index in [4.69, 9.17) is 5.11 Å². The fourth-order valence-corrected chi connectivity index (χ4v) is 1.34. The maximum Gasteiger partial charge on any atom is 0.226 e. The van der Waals surface area contributed by atoms with Crippen molar-refractivity contribution in [1.29, 1.82) is 0 Å². The van der Waals surface area contributed by atoms with Gasteiger partial charge in [-0.1, -0.05) is 12.2 Å². The van der Waals surface area contributed by atoms with Crippen LogP contribution in [0.5, 0.6) is 0 Å². The summed E-state index contributed by atoms with van der Waals surface area (Å²) < 4.78 is 0. The van der Waals surface area contributed by atoms with Crippen LogP contribution in [0.25, 0.3) is 0 Å². The zero-order chi connectivity index (χ0) is 9.14. The van der Waals surface area contributed by atoms with E-state index in [-0.39, 0.29) is 12.0 Å². The van der Waals surface area contributed by atoms with E-state index in [2.05, 4.69) is 6.58 Å². The highest BCUT2D eigenvalue weighted by Crippen LogP contribution is 2.11. The van der Waals surface area contributed by atoms with E-state index >= 15 is 0 Å². The van der Waals surface area contributed by atoms with Crippen LogP contribution in [0.3, 0.4) is 0 Å². The summed E-state index contributed by atoms with van der Waals surface area (Å²) in [5.41, 5.74) is 0.876. The van der Waals surface area contributed by atoms with Crippen molar-refractivity contribution in [3.63, 3.8) is 0 Å². The predicted octanol–water partition coefficient (Wildman–Crippen LogP) is 0.546. The van der Waals surface area contributed by atoms with E-state index in [0.717, 1.165) is 5.57 Å². The van der Waals surface area contributed by atoms with Gasteiger partial charge >= 0.3 is 0 Å². The number of hydrogen-bond acceptors (Lipinski definition) is 2. The molecule has 0 unspecified atom stereocenters. The second-order valence-electron chi connectivity index (χ2n) is 3.42. The maximum atomic E-state index is 11.4.